The minimum atomic E-state index is -0.983. The lowest BCUT2D eigenvalue weighted by molar-refractivity contribution is -0.112. The van der Waals surface area contributed by atoms with Crippen molar-refractivity contribution in [1.29, 1.82) is 0 Å². The second-order valence-electron chi connectivity index (χ2n) is 12.2. The van der Waals surface area contributed by atoms with Crippen molar-refractivity contribution >= 4 is 41.1 Å². The highest BCUT2D eigenvalue weighted by molar-refractivity contribution is 6.38. The van der Waals surface area contributed by atoms with E-state index in [1.165, 1.54) is 28.1 Å². The van der Waals surface area contributed by atoms with Gasteiger partial charge in [0.1, 0.15) is 6.10 Å². The number of hydrogen-bond donors (Lipinski definition) is 1. The highest BCUT2D eigenvalue weighted by atomic mass is 35.5. The van der Waals surface area contributed by atoms with Gasteiger partial charge in [0.25, 0.3) is 0 Å². The molecule has 1 heterocycles. The number of hydrogen-bond acceptors (Lipinski definition) is 3. The van der Waals surface area contributed by atoms with E-state index in [1.54, 1.807) is 6.08 Å². The molecule has 0 bridgehead atoms. The monoisotopic (exact) mass is 569 g/mol. The van der Waals surface area contributed by atoms with Crippen LogP contribution in [0.2, 0.25) is 0 Å². The van der Waals surface area contributed by atoms with E-state index in [0.717, 1.165) is 31.2 Å². The number of Topliss-reactive ketones (excluding diaryl/α,β-unsaturated/α-hetero) is 1. The maximum Gasteiger partial charge on any atom is 0.188 e. The minimum absolute atomic E-state index is 0.0394. The van der Waals surface area contributed by atoms with Crippen LogP contribution in [0.15, 0.2) is 99.5 Å². The normalized spacial score (nSPS) is 31.2. The fourth-order valence-corrected chi connectivity index (χ4v) is 8.00. The number of piperidine rings is 1. The topological polar surface area (TPSA) is 40.5 Å². The third-order valence-corrected chi connectivity index (χ3v) is 10.4. The molecule has 0 aromatic heterocycles. The predicted octanol–water partition coefficient (Wildman–Crippen LogP) is 8.10. The largest absolute Gasteiger partial charge is 0.383 e. The van der Waals surface area contributed by atoms with Gasteiger partial charge in [-0.05, 0) is 84.2 Å². The molecule has 1 aromatic carbocycles. The number of halogens is 2. The minimum Gasteiger partial charge on any atom is -0.383 e. The third-order valence-electron chi connectivity index (χ3n) is 9.49. The zero-order valence-corrected chi connectivity index (χ0v) is 24.3. The molecule has 1 fully saturated rings. The Morgan fingerprint density at radius 3 is 2.77 bits per heavy atom. The first kappa shape index (κ1) is 26.1. The zero-order chi connectivity index (χ0) is 27.8. The Morgan fingerprint density at radius 2 is 1.98 bits per heavy atom. The molecule has 5 heteroatoms. The summed E-state index contributed by atoms with van der Waals surface area (Å²) in [6, 6.07) is 6.72. The summed E-state index contributed by atoms with van der Waals surface area (Å²) in [4.78, 5) is 15.8. The number of aliphatic hydroxyl groups is 1. The number of aliphatic hydroxyl groups excluding tert-OH is 1. The van der Waals surface area contributed by atoms with E-state index in [2.05, 4.69) is 79.5 Å². The van der Waals surface area contributed by atoms with Crippen LogP contribution in [0.3, 0.4) is 0 Å². The Morgan fingerprint density at radius 1 is 1.15 bits per heavy atom. The van der Waals surface area contributed by atoms with Gasteiger partial charge in [-0.1, -0.05) is 74.0 Å². The summed E-state index contributed by atoms with van der Waals surface area (Å²) >= 11 is 12.5. The number of likely N-dealkylation sites (tertiary alicyclic amines) is 1. The van der Waals surface area contributed by atoms with Gasteiger partial charge in [-0.3, -0.25) is 4.79 Å². The van der Waals surface area contributed by atoms with Crippen LogP contribution in [-0.4, -0.2) is 33.3 Å². The molecule has 40 heavy (non-hydrogen) atoms. The molecule has 0 amide bonds. The highest BCUT2D eigenvalue weighted by Crippen LogP contribution is 2.57. The van der Waals surface area contributed by atoms with E-state index in [9.17, 15) is 9.90 Å². The van der Waals surface area contributed by atoms with Gasteiger partial charge in [-0.25, -0.2) is 0 Å². The van der Waals surface area contributed by atoms with Gasteiger partial charge in [0.2, 0.25) is 0 Å². The summed E-state index contributed by atoms with van der Waals surface area (Å²) in [7, 11) is 0. The molecule has 4 atom stereocenters. The van der Waals surface area contributed by atoms with Gasteiger partial charge in [-0.15, -0.1) is 11.6 Å². The third kappa shape index (κ3) is 3.93. The molecule has 6 aliphatic rings. The van der Waals surface area contributed by atoms with Gasteiger partial charge >= 0.3 is 0 Å². The van der Waals surface area contributed by atoms with Crippen molar-refractivity contribution in [2.24, 2.45) is 5.41 Å². The molecule has 0 saturated carbocycles. The first-order chi connectivity index (χ1) is 19.3. The van der Waals surface area contributed by atoms with E-state index in [4.69, 9.17) is 23.2 Å². The van der Waals surface area contributed by atoms with Gasteiger partial charge in [0, 0.05) is 38.9 Å². The van der Waals surface area contributed by atoms with Crippen molar-refractivity contribution in [2.45, 2.75) is 69.4 Å². The van der Waals surface area contributed by atoms with Crippen LogP contribution < -0.4 is 0 Å². The quantitative estimate of drug-likeness (QED) is 0.289. The molecule has 0 radical (unpaired) electrons. The number of alkyl halides is 1. The highest BCUT2D eigenvalue weighted by Gasteiger charge is 2.50. The number of carbonyl (C=O) groups is 1. The van der Waals surface area contributed by atoms with Crippen LogP contribution in [0.4, 0.5) is 0 Å². The van der Waals surface area contributed by atoms with Crippen LogP contribution >= 0.6 is 23.2 Å². The molecule has 4 unspecified atom stereocenters. The number of benzene rings is 1. The molecule has 1 saturated heterocycles. The Kier molecular flexibility index (Phi) is 6.27. The summed E-state index contributed by atoms with van der Waals surface area (Å²) in [6.07, 6.45) is 23.4. The summed E-state index contributed by atoms with van der Waals surface area (Å²) in [5, 5.41) is 11.1. The Hall–Kier alpha value is -2.85. The Bertz CT molecular complexity index is 1580. The molecule has 1 aliphatic heterocycles. The summed E-state index contributed by atoms with van der Waals surface area (Å²) in [5.41, 5.74) is 9.13. The molecule has 7 rings (SSSR count). The molecule has 1 aromatic rings. The van der Waals surface area contributed by atoms with Crippen molar-refractivity contribution in [2.75, 3.05) is 0 Å². The Labute approximate surface area is 246 Å². The molecule has 204 valence electrons. The molecular weight excluding hydrogens is 537 g/mol. The number of ketones is 1. The lowest BCUT2D eigenvalue weighted by atomic mass is 9.59. The number of rotatable bonds is 2. The van der Waals surface area contributed by atoms with Crippen molar-refractivity contribution in [3.63, 3.8) is 0 Å². The lowest BCUT2D eigenvalue weighted by Crippen LogP contribution is -2.51. The van der Waals surface area contributed by atoms with Gasteiger partial charge < -0.3 is 10.0 Å². The average molecular weight is 571 g/mol. The Balaban J connectivity index is 1.27. The second-order valence-corrected chi connectivity index (χ2v) is 13.1. The van der Waals surface area contributed by atoms with Crippen LogP contribution in [0, 0.1) is 5.41 Å². The van der Waals surface area contributed by atoms with Crippen molar-refractivity contribution in [1.82, 2.24) is 4.90 Å². The second kappa shape index (κ2) is 9.62. The zero-order valence-electron chi connectivity index (χ0n) is 22.8. The van der Waals surface area contributed by atoms with Gasteiger partial charge in [-0.2, -0.15) is 0 Å². The van der Waals surface area contributed by atoms with E-state index in [1.807, 2.05) is 6.08 Å². The van der Waals surface area contributed by atoms with Crippen LogP contribution in [-0.2, 0) is 4.79 Å². The molecule has 5 aliphatic carbocycles. The molecule has 3 nitrogen and oxygen atoms in total. The van der Waals surface area contributed by atoms with Gasteiger partial charge in [0.15, 0.2) is 5.78 Å². The SMILES string of the molecule is CC1(C)C2=CCCC=C2N(C2=CC=CCC2)C2C=Cc3cc(/C=C4\C(=O)C5=C(C=C(Cl)C(Cl)C5)C4O)ccc3C21. The van der Waals surface area contributed by atoms with Crippen LogP contribution in [0.25, 0.3) is 12.2 Å². The summed E-state index contributed by atoms with van der Waals surface area (Å²) in [6.45, 7) is 4.79. The maximum atomic E-state index is 13.2. The van der Waals surface area contributed by atoms with E-state index in [0.29, 0.717) is 28.2 Å². The van der Waals surface area contributed by atoms with E-state index < -0.39 is 11.5 Å². The summed E-state index contributed by atoms with van der Waals surface area (Å²) < 4.78 is 0. The summed E-state index contributed by atoms with van der Waals surface area (Å²) in [5.74, 6) is 0.146. The molecular formula is C35H33Cl2NO2. The first-order valence-electron chi connectivity index (χ1n) is 14.3. The predicted molar refractivity (Wildman–Crippen MR) is 164 cm³/mol. The van der Waals surface area contributed by atoms with E-state index in [-0.39, 0.29) is 23.2 Å². The number of allylic oxidation sites excluding steroid dienone is 9. The average Bonchev–Trinajstić information content (AvgIpc) is 3.17. The maximum absolute atomic E-state index is 13.2. The number of nitrogens with zero attached hydrogens (tertiary/aromatic N) is 1. The van der Waals surface area contributed by atoms with Crippen molar-refractivity contribution in [3.8, 4) is 0 Å². The van der Waals surface area contributed by atoms with E-state index >= 15 is 0 Å². The van der Waals surface area contributed by atoms with Crippen LogP contribution in [0.1, 0.15) is 68.6 Å². The fraction of sp³-hybridized carbons (Fsp3) is 0.343. The fourth-order valence-electron chi connectivity index (χ4n) is 7.59. The number of carbonyl (C=O) groups excluding carboxylic acids is 1. The lowest BCUT2D eigenvalue weighted by Gasteiger charge is -2.55. The smallest absolute Gasteiger partial charge is 0.188 e. The van der Waals surface area contributed by atoms with Crippen LogP contribution in [0.5, 0.6) is 0 Å². The van der Waals surface area contributed by atoms with Crippen molar-refractivity contribution in [3.05, 3.63) is 116 Å². The standard InChI is InChI=1S/C35H33Cl2NO2/c1-35(2)27-10-6-7-11-30(27)38(22-8-4-3-5-9-22)31-15-13-21-16-20(12-14-23(21)32(31)35)17-26-33(39)24-18-28(36)29(37)19-25(24)34(26)40/h3-4,8,10-18,29,31-33,39H,5-7,9,19H2,1-2H3/b26-17-. The molecule has 0 spiro atoms. The van der Waals surface area contributed by atoms with Gasteiger partial charge in [0.05, 0.1) is 11.4 Å². The first-order valence-corrected chi connectivity index (χ1v) is 15.1. The molecule has 1 N–H and O–H groups in total. The van der Waals surface area contributed by atoms with Crippen molar-refractivity contribution < 1.29 is 9.90 Å². The number of fused-ring (bicyclic) bond motifs is 4.